The monoisotopic (exact) mass is 411 g/mol. The van der Waals surface area contributed by atoms with Crippen molar-refractivity contribution in [1.82, 2.24) is 0 Å². The van der Waals surface area contributed by atoms with Gasteiger partial charge in [-0.1, -0.05) is 42.8 Å². The first-order chi connectivity index (χ1) is 14.0. The fourth-order valence-electron chi connectivity index (χ4n) is 4.13. The fourth-order valence-corrected chi connectivity index (χ4v) is 4.36. The van der Waals surface area contributed by atoms with E-state index in [1.165, 1.54) is 0 Å². The summed E-state index contributed by atoms with van der Waals surface area (Å²) in [7, 11) is 0. The average Bonchev–Trinajstić information content (AvgIpc) is 3.11. The van der Waals surface area contributed by atoms with Gasteiger partial charge in [0.15, 0.2) is 0 Å². The van der Waals surface area contributed by atoms with Gasteiger partial charge in [0.2, 0.25) is 11.8 Å². The molecule has 2 heterocycles. The highest BCUT2D eigenvalue weighted by Crippen LogP contribution is 2.33. The molecule has 0 radical (unpaired) electrons. The molecule has 0 spiro atoms. The Bertz CT molecular complexity index is 909. The second kappa shape index (κ2) is 8.46. The Labute approximate surface area is 176 Å². The predicted octanol–water partition coefficient (Wildman–Crippen LogP) is 4.57. The molecule has 2 aliphatic heterocycles. The Hall–Kier alpha value is -2.53. The number of carbonyl (C=O) groups excluding carboxylic acids is 2. The van der Waals surface area contributed by atoms with Crippen LogP contribution in [-0.2, 0) is 9.59 Å². The van der Waals surface area contributed by atoms with Crippen LogP contribution in [0.1, 0.15) is 26.2 Å². The van der Waals surface area contributed by atoms with Gasteiger partial charge in [-0.2, -0.15) is 0 Å². The van der Waals surface area contributed by atoms with E-state index in [2.05, 4.69) is 23.2 Å². The molecule has 0 aromatic heterocycles. The Morgan fingerprint density at radius 1 is 1.03 bits per heavy atom. The number of nitrogens with one attached hydrogen (secondary N) is 1. The third kappa shape index (κ3) is 4.25. The number of piperidine rings is 1. The molecule has 2 aromatic rings. The first kappa shape index (κ1) is 19.8. The van der Waals surface area contributed by atoms with E-state index in [-0.39, 0.29) is 18.2 Å². The van der Waals surface area contributed by atoms with Gasteiger partial charge in [0.25, 0.3) is 0 Å². The van der Waals surface area contributed by atoms with Gasteiger partial charge >= 0.3 is 0 Å². The molecule has 1 atom stereocenters. The molecule has 2 saturated heterocycles. The minimum Gasteiger partial charge on any atom is -0.370 e. The number of halogens is 1. The lowest BCUT2D eigenvalue weighted by atomic mass is 9.98. The molecule has 2 aliphatic rings. The van der Waals surface area contributed by atoms with Crippen LogP contribution < -0.4 is 15.1 Å². The van der Waals surface area contributed by atoms with E-state index >= 15 is 0 Å². The summed E-state index contributed by atoms with van der Waals surface area (Å²) >= 11 is 6.24. The summed E-state index contributed by atoms with van der Waals surface area (Å²) in [5.41, 5.74) is 2.54. The van der Waals surface area contributed by atoms with E-state index in [1.54, 1.807) is 11.0 Å². The normalized spacial score (nSPS) is 20.2. The maximum Gasteiger partial charge on any atom is 0.229 e. The number of nitrogens with zero attached hydrogens (tertiary/aromatic N) is 2. The summed E-state index contributed by atoms with van der Waals surface area (Å²) in [5.74, 6) is 0.156. The average molecular weight is 412 g/mol. The summed E-state index contributed by atoms with van der Waals surface area (Å²) in [5, 5.41) is 3.60. The SMILES string of the molecule is CC1CCN(c2ccccc2NC(=O)[C@@H]2CC(=O)N(c3ccccc3Cl)C2)CC1. The molecule has 152 valence electrons. The minimum absolute atomic E-state index is 0.0726. The Balaban J connectivity index is 1.47. The molecule has 1 N–H and O–H groups in total. The molecule has 29 heavy (non-hydrogen) atoms. The Morgan fingerprint density at radius 2 is 1.69 bits per heavy atom. The summed E-state index contributed by atoms with van der Waals surface area (Å²) < 4.78 is 0. The number of rotatable bonds is 4. The zero-order chi connectivity index (χ0) is 20.4. The van der Waals surface area contributed by atoms with Crippen molar-refractivity contribution >= 4 is 40.5 Å². The van der Waals surface area contributed by atoms with Gasteiger partial charge < -0.3 is 15.1 Å². The lowest BCUT2D eigenvalue weighted by Crippen LogP contribution is -2.34. The molecule has 0 unspecified atom stereocenters. The highest BCUT2D eigenvalue weighted by molar-refractivity contribution is 6.33. The largest absolute Gasteiger partial charge is 0.370 e. The molecule has 2 fully saturated rings. The number of amides is 2. The van der Waals surface area contributed by atoms with Crippen molar-refractivity contribution in [2.24, 2.45) is 11.8 Å². The van der Waals surface area contributed by atoms with Gasteiger partial charge in [0.05, 0.1) is 28.0 Å². The molecular weight excluding hydrogens is 386 g/mol. The van der Waals surface area contributed by atoms with Crippen molar-refractivity contribution in [1.29, 1.82) is 0 Å². The zero-order valence-corrected chi connectivity index (χ0v) is 17.4. The quantitative estimate of drug-likeness (QED) is 0.801. The van der Waals surface area contributed by atoms with Gasteiger partial charge in [0.1, 0.15) is 0 Å². The number of hydrogen-bond donors (Lipinski definition) is 1. The predicted molar refractivity (Wildman–Crippen MR) is 118 cm³/mol. The molecule has 6 heteroatoms. The highest BCUT2D eigenvalue weighted by Gasteiger charge is 2.36. The number of anilines is 3. The summed E-state index contributed by atoms with van der Waals surface area (Å²) in [6.45, 7) is 4.62. The third-order valence-electron chi connectivity index (χ3n) is 5.93. The molecule has 0 saturated carbocycles. The van der Waals surface area contributed by atoms with Crippen LogP contribution in [0, 0.1) is 11.8 Å². The van der Waals surface area contributed by atoms with Gasteiger partial charge in [-0.25, -0.2) is 0 Å². The first-order valence-electron chi connectivity index (χ1n) is 10.2. The number of para-hydroxylation sites is 3. The van der Waals surface area contributed by atoms with E-state index in [0.717, 1.165) is 43.2 Å². The van der Waals surface area contributed by atoms with Gasteiger partial charge in [-0.05, 0) is 43.0 Å². The Kier molecular flexibility index (Phi) is 5.76. The van der Waals surface area contributed by atoms with E-state index in [0.29, 0.717) is 17.3 Å². The van der Waals surface area contributed by atoms with Crippen LogP contribution in [0.25, 0.3) is 0 Å². The van der Waals surface area contributed by atoms with E-state index in [4.69, 9.17) is 11.6 Å². The van der Waals surface area contributed by atoms with Gasteiger partial charge in [-0.3, -0.25) is 9.59 Å². The lowest BCUT2D eigenvalue weighted by Gasteiger charge is -2.33. The Morgan fingerprint density at radius 3 is 2.41 bits per heavy atom. The molecule has 2 aromatic carbocycles. The molecular formula is C23H26ClN3O2. The van der Waals surface area contributed by atoms with Crippen LogP contribution in [0.2, 0.25) is 5.02 Å². The van der Waals surface area contributed by atoms with Gasteiger partial charge in [-0.15, -0.1) is 0 Å². The topological polar surface area (TPSA) is 52.7 Å². The van der Waals surface area contributed by atoms with Crippen molar-refractivity contribution in [3.8, 4) is 0 Å². The summed E-state index contributed by atoms with van der Waals surface area (Å²) in [6.07, 6.45) is 2.51. The van der Waals surface area contributed by atoms with Crippen LogP contribution in [0.4, 0.5) is 17.1 Å². The zero-order valence-electron chi connectivity index (χ0n) is 16.6. The summed E-state index contributed by atoms with van der Waals surface area (Å²) in [6, 6.07) is 15.2. The van der Waals surface area contributed by atoms with Gasteiger partial charge in [0, 0.05) is 26.1 Å². The first-order valence-corrected chi connectivity index (χ1v) is 10.6. The lowest BCUT2D eigenvalue weighted by molar-refractivity contribution is -0.122. The van der Waals surface area contributed by atoms with E-state index < -0.39 is 5.92 Å². The molecule has 0 bridgehead atoms. The second-order valence-electron chi connectivity index (χ2n) is 8.03. The maximum atomic E-state index is 13.0. The highest BCUT2D eigenvalue weighted by atomic mass is 35.5. The van der Waals surface area contributed by atoms with Crippen molar-refractivity contribution in [3.05, 3.63) is 53.6 Å². The van der Waals surface area contributed by atoms with Crippen molar-refractivity contribution in [2.45, 2.75) is 26.2 Å². The molecule has 4 rings (SSSR count). The smallest absolute Gasteiger partial charge is 0.229 e. The summed E-state index contributed by atoms with van der Waals surface area (Å²) in [4.78, 5) is 29.4. The number of carbonyl (C=O) groups is 2. The van der Waals surface area contributed by atoms with Crippen LogP contribution in [-0.4, -0.2) is 31.4 Å². The van der Waals surface area contributed by atoms with Crippen molar-refractivity contribution in [3.63, 3.8) is 0 Å². The maximum absolute atomic E-state index is 13.0. The molecule has 5 nitrogen and oxygen atoms in total. The number of hydrogen-bond acceptors (Lipinski definition) is 3. The minimum atomic E-state index is -0.395. The second-order valence-corrected chi connectivity index (χ2v) is 8.44. The number of benzene rings is 2. The van der Waals surface area contributed by atoms with E-state index in [1.807, 2.05) is 36.4 Å². The van der Waals surface area contributed by atoms with Crippen LogP contribution >= 0.6 is 11.6 Å². The van der Waals surface area contributed by atoms with Crippen LogP contribution in [0.3, 0.4) is 0 Å². The molecule has 0 aliphatic carbocycles. The standard InChI is InChI=1S/C23H26ClN3O2/c1-16-10-12-26(13-11-16)21-9-5-3-7-19(21)25-23(29)17-14-22(28)27(15-17)20-8-4-2-6-18(20)24/h2-9,16-17H,10-15H2,1H3,(H,25,29)/t17-/m1/s1. The molecule has 2 amide bonds. The van der Waals surface area contributed by atoms with Crippen LogP contribution in [0.5, 0.6) is 0 Å². The van der Waals surface area contributed by atoms with Crippen molar-refractivity contribution in [2.75, 3.05) is 34.8 Å². The van der Waals surface area contributed by atoms with Crippen LogP contribution in [0.15, 0.2) is 48.5 Å². The van der Waals surface area contributed by atoms with Crippen molar-refractivity contribution < 1.29 is 9.59 Å². The fraction of sp³-hybridized carbons (Fsp3) is 0.391. The third-order valence-corrected chi connectivity index (χ3v) is 6.24. The van der Waals surface area contributed by atoms with E-state index in [9.17, 15) is 9.59 Å².